The zero-order chi connectivity index (χ0) is 19.4. The van der Waals surface area contributed by atoms with Crippen LogP contribution in [0.2, 0.25) is 5.02 Å². The summed E-state index contributed by atoms with van der Waals surface area (Å²) < 4.78 is 5.37. The summed E-state index contributed by atoms with van der Waals surface area (Å²) in [6, 6.07) is 12.1. The number of benzene rings is 2. The van der Waals surface area contributed by atoms with Crippen LogP contribution in [0.4, 0.5) is 17.1 Å². The van der Waals surface area contributed by atoms with Crippen molar-refractivity contribution in [1.82, 2.24) is 0 Å². The molecule has 142 valence electrons. The molecule has 3 rings (SSSR count). The molecule has 0 radical (unpaired) electrons. The molecule has 0 saturated carbocycles. The standard InChI is InChI=1S/C20H22ClN3O3/c1-24(2)17-9-8-15(12-16(17)21)22-19(25)13-5-3-6-14(11-13)23-20(26)18-7-4-10-27-18/h3,5-6,8-9,11-12,18H,4,7,10H2,1-2H3,(H,22,25)(H,23,26). The van der Waals surface area contributed by atoms with Crippen molar-refractivity contribution in [2.75, 3.05) is 36.2 Å². The van der Waals surface area contributed by atoms with E-state index >= 15 is 0 Å². The van der Waals surface area contributed by atoms with Crippen LogP contribution in [0.15, 0.2) is 42.5 Å². The molecular weight excluding hydrogens is 366 g/mol. The molecule has 0 aliphatic carbocycles. The molecule has 6 nitrogen and oxygen atoms in total. The average molecular weight is 388 g/mol. The molecule has 2 aromatic rings. The van der Waals surface area contributed by atoms with Crippen molar-refractivity contribution in [2.24, 2.45) is 0 Å². The molecule has 1 aliphatic rings. The number of halogens is 1. The van der Waals surface area contributed by atoms with E-state index in [2.05, 4.69) is 10.6 Å². The van der Waals surface area contributed by atoms with Gasteiger partial charge in [-0.05, 0) is 49.2 Å². The minimum absolute atomic E-state index is 0.184. The van der Waals surface area contributed by atoms with E-state index in [1.807, 2.05) is 25.1 Å². The first-order valence-corrected chi connectivity index (χ1v) is 9.12. The fourth-order valence-electron chi connectivity index (χ4n) is 2.90. The molecule has 0 aromatic heterocycles. The van der Waals surface area contributed by atoms with Crippen LogP contribution in [0.3, 0.4) is 0 Å². The topological polar surface area (TPSA) is 70.7 Å². The molecule has 0 bridgehead atoms. The van der Waals surface area contributed by atoms with Gasteiger partial charge >= 0.3 is 0 Å². The molecule has 1 atom stereocenters. The quantitative estimate of drug-likeness (QED) is 0.819. The molecule has 2 amide bonds. The number of carbonyl (C=O) groups excluding carboxylic acids is 2. The molecule has 27 heavy (non-hydrogen) atoms. The maximum Gasteiger partial charge on any atom is 0.255 e. The molecule has 0 spiro atoms. The summed E-state index contributed by atoms with van der Waals surface area (Å²) in [5, 5.41) is 6.17. The van der Waals surface area contributed by atoms with Gasteiger partial charge in [0.1, 0.15) is 6.10 Å². The van der Waals surface area contributed by atoms with Crippen LogP contribution in [0, 0.1) is 0 Å². The van der Waals surface area contributed by atoms with Crippen molar-refractivity contribution < 1.29 is 14.3 Å². The smallest absolute Gasteiger partial charge is 0.255 e. The summed E-state index contributed by atoms with van der Waals surface area (Å²) in [6.45, 7) is 0.607. The van der Waals surface area contributed by atoms with Crippen LogP contribution < -0.4 is 15.5 Å². The second-order valence-electron chi connectivity index (χ2n) is 6.59. The van der Waals surface area contributed by atoms with Gasteiger partial charge in [-0.1, -0.05) is 17.7 Å². The normalized spacial score (nSPS) is 16.0. The highest BCUT2D eigenvalue weighted by atomic mass is 35.5. The predicted molar refractivity (Wildman–Crippen MR) is 108 cm³/mol. The number of hydrogen-bond donors (Lipinski definition) is 2. The lowest BCUT2D eigenvalue weighted by Gasteiger charge is -2.15. The highest BCUT2D eigenvalue weighted by molar-refractivity contribution is 6.33. The first-order chi connectivity index (χ1) is 12.9. The minimum Gasteiger partial charge on any atom is -0.376 e. The van der Waals surface area contributed by atoms with Crippen LogP contribution in [0.1, 0.15) is 23.2 Å². The summed E-state index contributed by atoms with van der Waals surface area (Å²) in [4.78, 5) is 26.6. The van der Waals surface area contributed by atoms with Gasteiger partial charge in [-0.25, -0.2) is 0 Å². The Balaban J connectivity index is 1.68. The number of nitrogens with zero attached hydrogens (tertiary/aromatic N) is 1. The third kappa shape index (κ3) is 4.78. The third-order valence-electron chi connectivity index (χ3n) is 4.30. The van der Waals surface area contributed by atoms with Crippen molar-refractivity contribution in [3.05, 3.63) is 53.1 Å². The van der Waals surface area contributed by atoms with Gasteiger partial charge in [0.15, 0.2) is 0 Å². The van der Waals surface area contributed by atoms with Gasteiger partial charge in [0.2, 0.25) is 0 Å². The van der Waals surface area contributed by atoms with Gasteiger partial charge in [-0.3, -0.25) is 9.59 Å². The number of carbonyl (C=O) groups is 2. The zero-order valence-corrected chi connectivity index (χ0v) is 16.0. The van der Waals surface area contributed by atoms with Crippen molar-refractivity contribution >= 4 is 40.5 Å². The Bertz CT molecular complexity index is 848. The van der Waals surface area contributed by atoms with E-state index in [0.29, 0.717) is 28.6 Å². The van der Waals surface area contributed by atoms with Gasteiger partial charge in [-0.2, -0.15) is 0 Å². The second-order valence-corrected chi connectivity index (χ2v) is 6.99. The average Bonchev–Trinajstić information content (AvgIpc) is 3.16. The summed E-state index contributed by atoms with van der Waals surface area (Å²) >= 11 is 6.25. The van der Waals surface area contributed by atoms with Crippen LogP contribution in [0.25, 0.3) is 0 Å². The van der Waals surface area contributed by atoms with Crippen LogP contribution in [-0.4, -0.2) is 38.6 Å². The lowest BCUT2D eigenvalue weighted by atomic mass is 10.1. The Kier molecular flexibility index (Phi) is 5.98. The Morgan fingerprint density at radius 3 is 2.56 bits per heavy atom. The second kappa shape index (κ2) is 8.41. The molecule has 1 fully saturated rings. The summed E-state index contributed by atoms with van der Waals surface area (Å²) in [7, 11) is 3.80. The number of ether oxygens (including phenoxy) is 1. The monoisotopic (exact) mass is 387 g/mol. The van der Waals surface area contributed by atoms with E-state index in [1.165, 1.54) is 0 Å². The zero-order valence-electron chi connectivity index (χ0n) is 15.3. The Hall–Kier alpha value is -2.57. The highest BCUT2D eigenvalue weighted by Gasteiger charge is 2.23. The first-order valence-electron chi connectivity index (χ1n) is 8.75. The molecule has 7 heteroatoms. The Labute approximate surface area is 163 Å². The van der Waals surface area contributed by atoms with Gasteiger partial charge in [0.05, 0.1) is 10.7 Å². The molecule has 1 aliphatic heterocycles. The molecule has 1 unspecified atom stereocenters. The third-order valence-corrected chi connectivity index (χ3v) is 4.60. The SMILES string of the molecule is CN(C)c1ccc(NC(=O)c2cccc(NC(=O)C3CCCO3)c2)cc1Cl. The van der Waals surface area contributed by atoms with Crippen molar-refractivity contribution in [1.29, 1.82) is 0 Å². The van der Waals surface area contributed by atoms with Gasteiger partial charge in [-0.15, -0.1) is 0 Å². The van der Waals surface area contributed by atoms with Crippen LogP contribution in [0.5, 0.6) is 0 Å². The molecule has 2 aromatic carbocycles. The summed E-state index contributed by atoms with van der Waals surface area (Å²) in [5.74, 6) is -0.465. The lowest BCUT2D eigenvalue weighted by molar-refractivity contribution is -0.124. The Morgan fingerprint density at radius 2 is 1.89 bits per heavy atom. The fourth-order valence-corrected chi connectivity index (χ4v) is 3.25. The van der Waals surface area contributed by atoms with Crippen molar-refractivity contribution in [2.45, 2.75) is 18.9 Å². The van der Waals surface area contributed by atoms with E-state index in [0.717, 1.165) is 18.5 Å². The van der Waals surface area contributed by atoms with Gasteiger partial charge < -0.3 is 20.3 Å². The van der Waals surface area contributed by atoms with E-state index in [4.69, 9.17) is 16.3 Å². The first kappa shape index (κ1) is 19.2. The molecular formula is C20H22ClN3O3. The Morgan fingerprint density at radius 1 is 1.11 bits per heavy atom. The minimum atomic E-state index is -0.417. The van der Waals surface area contributed by atoms with Crippen molar-refractivity contribution in [3.8, 4) is 0 Å². The van der Waals surface area contributed by atoms with E-state index < -0.39 is 6.10 Å². The maximum absolute atomic E-state index is 12.5. The number of hydrogen-bond acceptors (Lipinski definition) is 4. The van der Waals surface area contributed by atoms with Crippen LogP contribution in [-0.2, 0) is 9.53 Å². The molecule has 1 saturated heterocycles. The van der Waals surface area contributed by atoms with E-state index in [9.17, 15) is 9.59 Å². The summed E-state index contributed by atoms with van der Waals surface area (Å²) in [6.07, 6.45) is 1.19. The van der Waals surface area contributed by atoms with E-state index in [1.54, 1.807) is 36.4 Å². The summed E-state index contributed by atoms with van der Waals surface area (Å²) in [5.41, 5.74) is 2.47. The number of amides is 2. The molecule has 2 N–H and O–H groups in total. The fraction of sp³-hybridized carbons (Fsp3) is 0.300. The largest absolute Gasteiger partial charge is 0.376 e. The van der Waals surface area contributed by atoms with Crippen molar-refractivity contribution in [3.63, 3.8) is 0 Å². The number of nitrogens with one attached hydrogen (secondary N) is 2. The van der Waals surface area contributed by atoms with Gasteiger partial charge in [0, 0.05) is 37.6 Å². The maximum atomic E-state index is 12.5. The number of anilines is 3. The number of rotatable bonds is 5. The molecule has 1 heterocycles. The van der Waals surface area contributed by atoms with E-state index in [-0.39, 0.29) is 11.8 Å². The van der Waals surface area contributed by atoms with Crippen LogP contribution >= 0.6 is 11.6 Å². The predicted octanol–water partition coefficient (Wildman–Crippen LogP) is 3.78. The highest BCUT2D eigenvalue weighted by Crippen LogP contribution is 2.27. The van der Waals surface area contributed by atoms with Gasteiger partial charge in [0.25, 0.3) is 11.8 Å². The lowest BCUT2D eigenvalue weighted by Crippen LogP contribution is -2.27.